The highest BCUT2D eigenvalue weighted by Gasteiger charge is 2.20. The molecule has 1 aromatic rings. The Hall–Kier alpha value is -2.26. The average Bonchev–Trinajstić information content (AvgIpc) is 2.38. The van der Waals surface area contributed by atoms with E-state index in [0.29, 0.717) is 13.0 Å². The number of nitrogens with zero attached hydrogens (tertiary/aromatic N) is 2. The number of methoxy groups -OCH3 is 1. The zero-order valence-corrected chi connectivity index (χ0v) is 10.8. The van der Waals surface area contributed by atoms with E-state index >= 15 is 0 Å². The highest BCUT2D eigenvalue weighted by molar-refractivity contribution is 5.93. The van der Waals surface area contributed by atoms with Crippen molar-refractivity contribution in [2.45, 2.75) is 12.5 Å². The molecule has 0 aliphatic rings. The van der Waals surface area contributed by atoms with Crippen LogP contribution in [-0.2, 0) is 4.74 Å². The van der Waals surface area contributed by atoms with Crippen LogP contribution in [0.3, 0.4) is 0 Å². The molecular weight excluding hydrogens is 270 g/mol. The minimum absolute atomic E-state index is 0.190. The highest BCUT2D eigenvalue weighted by Crippen LogP contribution is 2.20. The molecule has 0 saturated carbocycles. The van der Waals surface area contributed by atoms with Crippen molar-refractivity contribution in [1.29, 1.82) is 0 Å². The second-order valence-corrected chi connectivity index (χ2v) is 3.97. The summed E-state index contributed by atoms with van der Waals surface area (Å²) in [7, 11) is 1.47. The van der Waals surface area contributed by atoms with Gasteiger partial charge in [-0.05, 0) is 6.42 Å². The molecule has 0 amide bonds. The van der Waals surface area contributed by atoms with Crippen molar-refractivity contribution in [3.63, 3.8) is 0 Å². The molecule has 1 unspecified atom stereocenters. The number of carbonyl (C=O) groups is 1. The van der Waals surface area contributed by atoms with Crippen LogP contribution in [0.2, 0.25) is 0 Å². The van der Waals surface area contributed by atoms with E-state index in [4.69, 9.17) is 9.84 Å². The summed E-state index contributed by atoms with van der Waals surface area (Å²) in [5.74, 6) is -1.21. The van der Waals surface area contributed by atoms with Crippen LogP contribution >= 0.6 is 0 Å². The first-order chi connectivity index (χ1) is 9.45. The van der Waals surface area contributed by atoms with E-state index in [0.717, 1.165) is 12.3 Å². The number of aliphatic hydroxyl groups excluding tert-OH is 1. The van der Waals surface area contributed by atoms with Gasteiger partial charge in [0.25, 0.3) is 0 Å². The molecule has 9 nitrogen and oxygen atoms in total. The van der Waals surface area contributed by atoms with E-state index in [2.05, 4.69) is 10.3 Å². The van der Waals surface area contributed by atoms with Crippen molar-refractivity contribution in [3.8, 4) is 0 Å². The number of aliphatic hydroxyl groups is 1. The Morgan fingerprint density at radius 2 is 2.35 bits per heavy atom. The van der Waals surface area contributed by atoms with Gasteiger partial charge in [0, 0.05) is 19.7 Å². The molecule has 0 aliphatic heterocycles. The lowest BCUT2D eigenvalue weighted by Crippen LogP contribution is -2.18. The van der Waals surface area contributed by atoms with Crippen LogP contribution in [0.4, 0.5) is 11.5 Å². The number of pyridine rings is 1. The maximum atomic E-state index is 10.9. The Balaban J connectivity index is 2.70. The molecule has 3 N–H and O–H groups in total. The van der Waals surface area contributed by atoms with Crippen LogP contribution in [0.15, 0.2) is 12.3 Å². The summed E-state index contributed by atoms with van der Waals surface area (Å²) in [5, 5.41) is 31.8. The average molecular weight is 285 g/mol. The van der Waals surface area contributed by atoms with E-state index in [1.165, 1.54) is 7.11 Å². The summed E-state index contributed by atoms with van der Waals surface area (Å²) in [6.45, 7) is 0.518. The molecular formula is C11H15N3O6. The minimum atomic E-state index is -1.40. The van der Waals surface area contributed by atoms with E-state index < -0.39 is 28.2 Å². The molecule has 0 radical (unpaired) electrons. The fraction of sp³-hybridized carbons (Fsp3) is 0.455. The van der Waals surface area contributed by atoms with Crippen LogP contribution < -0.4 is 5.32 Å². The molecule has 1 heterocycles. The Morgan fingerprint density at radius 1 is 1.65 bits per heavy atom. The fourth-order valence-electron chi connectivity index (χ4n) is 1.50. The van der Waals surface area contributed by atoms with E-state index in [1.807, 2.05) is 0 Å². The van der Waals surface area contributed by atoms with Gasteiger partial charge in [-0.1, -0.05) is 0 Å². The molecule has 0 bridgehead atoms. The normalized spacial score (nSPS) is 11.9. The van der Waals surface area contributed by atoms with Gasteiger partial charge in [-0.15, -0.1) is 0 Å². The lowest BCUT2D eigenvalue weighted by atomic mass is 10.2. The van der Waals surface area contributed by atoms with Crippen LogP contribution in [0.25, 0.3) is 0 Å². The van der Waals surface area contributed by atoms with Crippen molar-refractivity contribution in [2.24, 2.45) is 0 Å². The Bertz CT molecular complexity index is 493. The van der Waals surface area contributed by atoms with Crippen LogP contribution in [-0.4, -0.2) is 52.5 Å². The first kappa shape index (κ1) is 15.8. The predicted molar refractivity (Wildman–Crippen MR) is 68.8 cm³/mol. The van der Waals surface area contributed by atoms with Crippen molar-refractivity contribution >= 4 is 17.5 Å². The van der Waals surface area contributed by atoms with Gasteiger partial charge in [0.2, 0.25) is 0 Å². The third kappa shape index (κ3) is 4.44. The lowest BCUT2D eigenvalue weighted by molar-refractivity contribution is -0.385. The number of rotatable bonds is 8. The van der Waals surface area contributed by atoms with Crippen LogP contribution in [0.1, 0.15) is 16.8 Å². The number of hydrogen-bond acceptors (Lipinski definition) is 7. The number of carboxylic acid groups (broad SMARTS) is 1. The van der Waals surface area contributed by atoms with Gasteiger partial charge < -0.3 is 20.3 Å². The second-order valence-electron chi connectivity index (χ2n) is 3.97. The lowest BCUT2D eigenvalue weighted by Gasteiger charge is -2.10. The van der Waals surface area contributed by atoms with Gasteiger partial charge in [-0.3, -0.25) is 10.1 Å². The smallest absolute Gasteiger partial charge is 0.342 e. The maximum Gasteiger partial charge on any atom is 0.342 e. The number of aromatic nitrogens is 1. The topological polar surface area (TPSA) is 135 Å². The molecule has 1 rings (SSSR count). The molecule has 0 saturated heterocycles. The third-order valence-corrected chi connectivity index (χ3v) is 2.45. The van der Waals surface area contributed by atoms with Crippen LogP contribution in [0.5, 0.6) is 0 Å². The van der Waals surface area contributed by atoms with Gasteiger partial charge in [0.15, 0.2) is 0 Å². The standard InChI is InChI=1S/C11H15N3O6/c1-20-6-7(15)2-3-12-10-4-8(11(16)17)9(5-13-10)14(18)19/h4-5,7,15H,2-3,6H2,1H3,(H,12,13)(H,16,17). The number of aromatic carboxylic acids is 1. The summed E-state index contributed by atoms with van der Waals surface area (Å²) < 4.78 is 4.75. The second kappa shape index (κ2) is 7.36. The number of anilines is 1. The molecule has 1 atom stereocenters. The number of ether oxygens (including phenoxy) is 1. The Labute approximate surface area is 114 Å². The van der Waals surface area contributed by atoms with Crippen molar-refractivity contribution in [3.05, 3.63) is 27.9 Å². The van der Waals surface area contributed by atoms with Crippen molar-refractivity contribution < 1.29 is 24.7 Å². The predicted octanol–water partition coefficient (Wildman–Crippen LogP) is 0.497. The molecule has 0 fully saturated rings. The monoisotopic (exact) mass is 285 g/mol. The summed E-state index contributed by atoms with van der Waals surface area (Å²) in [5.41, 5.74) is -1.01. The van der Waals surface area contributed by atoms with E-state index in [1.54, 1.807) is 0 Å². The molecule has 9 heteroatoms. The van der Waals surface area contributed by atoms with Gasteiger partial charge in [-0.25, -0.2) is 9.78 Å². The van der Waals surface area contributed by atoms with Gasteiger partial charge in [-0.2, -0.15) is 0 Å². The Morgan fingerprint density at radius 3 is 2.90 bits per heavy atom. The molecule has 110 valence electrons. The third-order valence-electron chi connectivity index (χ3n) is 2.45. The number of carboxylic acids is 1. The SMILES string of the molecule is COCC(O)CCNc1cc(C(=O)O)c([N+](=O)[O-])cn1. The number of nitro groups is 1. The molecule has 0 spiro atoms. The Kier molecular flexibility index (Phi) is 5.81. The summed E-state index contributed by atoms with van der Waals surface area (Å²) in [4.78, 5) is 24.5. The van der Waals surface area contributed by atoms with E-state index in [9.17, 15) is 20.0 Å². The molecule has 20 heavy (non-hydrogen) atoms. The quantitative estimate of drug-likeness (QED) is 0.464. The van der Waals surface area contributed by atoms with Gasteiger partial charge in [0.05, 0.1) is 17.6 Å². The largest absolute Gasteiger partial charge is 0.477 e. The summed E-state index contributed by atoms with van der Waals surface area (Å²) in [6, 6.07) is 1.09. The zero-order chi connectivity index (χ0) is 15.1. The van der Waals surface area contributed by atoms with Gasteiger partial charge >= 0.3 is 11.7 Å². The molecule has 0 aromatic carbocycles. The number of hydrogen-bond donors (Lipinski definition) is 3. The number of nitrogens with one attached hydrogen (secondary N) is 1. The first-order valence-corrected chi connectivity index (χ1v) is 5.74. The highest BCUT2D eigenvalue weighted by atomic mass is 16.6. The van der Waals surface area contributed by atoms with Gasteiger partial charge in [0.1, 0.15) is 17.6 Å². The van der Waals surface area contributed by atoms with Crippen molar-refractivity contribution in [2.75, 3.05) is 25.6 Å². The maximum absolute atomic E-state index is 10.9. The van der Waals surface area contributed by atoms with E-state index in [-0.39, 0.29) is 12.4 Å². The fourth-order valence-corrected chi connectivity index (χ4v) is 1.50. The van der Waals surface area contributed by atoms with Crippen LogP contribution in [0, 0.1) is 10.1 Å². The molecule has 0 aliphatic carbocycles. The molecule has 1 aromatic heterocycles. The summed E-state index contributed by atoms with van der Waals surface area (Å²) >= 11 is 0. The zero-order valence-electron chi connectivity index (χ0n) is 10.8. The minimum Gasteiger partial charge on any atom is -0.477 e. The summed E-state index contributed by atoms with van der Waals surface area (Å²) in [6.07, 6.45) is 0.608. The first-order valence-electron chi connectivity index (χ1n) is 5.74. The van der Waals surface area contributed by atoms with Crippen molar-refractivity contribution in [1.82, 2.24) is 4.98 Å².